The standard InChI is InChI=1S/C24H27FN2O4/c1-12(24(30)26-5)9-18-14(3)27-15(4)19(11-21(28)29)22(18)17-10-20(25)23-16(13(17)2)7-6-8-31-23/h9-10H,6-8,11H2,1-5H3,(H,26,30)(H,28,29)/b12-9+. The smallest absolute Gasteiger partial charge is 0.307 e. The van der Waals surface area contributed by atoms with Crippen molar-refractivity contribution in [1.82, 2.24) is 10.3 Å². The summed E-state index contributed by atoms with van der Waals surface area (Å²) >= 11 is 0. The molecule has 2 heterocycles. The lowest BCUT2D eigenvalue weighted by Gasteiger charge is -2.24. The Balaban J connectivity index is 2.41. The van der Waals surface area contributed by atoms with Crippen molar-refractivity contribution in [2.24, 2.45) is 0 Å². The Labute approximate surface area is 181 Å². The maximum atomic E-state index is 15.0. The molecule has 1 amide bonds. The van der Waals surface area contributed by atoms with E-state index in [-0.39, 0.29) is 18.1 Å². The van der Waals surface area contributed by atoms with Crippen molar-refractivity contribution in [3.63, 3.8) is 0 Å². The number of likely N-dealkylation sites (N-methyl/N-ethyl adjacent to an activating group) is 1. The SMILES string of the molecule is CNC(=O)/C(C)=C/c1c(C)nc(C)c(CC(=O)O)c1-c1cc(F)c2c(c1C)CCCO2. The highest BCUT2D eigenvalue weighted by Crippen LogP contribution is 2.41. The summed E-state index contributed by atoms with van der Waals surface area (Å²) in [5, 5.41) is 12.1. The number of carboxylic acid groups (broad SMARTS) is 1. The van der Waals surface area contributed by atoms with Crippen LogP contribution in [0.25, 0.3) is 17.2 Å². The van der Waals surface area contributed by atoms with Gasteiger partial charge in [0.1, 0.15) is 0 Å². The van der Waals surface area contributed by atoms with Crippen LogP contribution >= 0.6 is 0 Å². The third-order valence-corrected chi connectivity index (χ3v) is 5.71. The number of fused-ring (bicyclic) bond motifs is 1. The van der Waals surface area contributed by atoms with Gasteiger partial charge in [-0.25, -0.2) is 4.39 Å². The average molecular weight is 426 g/mol. The molecule has 0 spiro atoms. The molecule has 0 saturated heterocycles. The molecule has 0 aliphatic carbocycles. The van der Waals surface area contributed by atoms with Crippen LogP contribution in [0.5, 0.6) is 5.75 Å². The van der Waals surface area contributed by atoms with Gasteiger partial charge in [0, 0.05) is 35.1 Å². The fraction of sp³-hybridized carbons (Fsp3) is 0.375. The Hall–Kier alpha value is -3.22. The first-order chi connectivity index (χ1) is 14.6. The van der Waals surface area contributed by atoms with Crippen LogP contribution in [-0.2, 0) is 22.4 Å². The molecule has 2 N–H and O–H groups in total. The van der Waals surface area contributed by atoms with Gasteiger partial charge in [0.25, 0.3) is 0 Å². The van der Waals surface area contributed by atoms with Gasteiger partial charge in [0.15, 0.2) is 11.6 Å². The van der Waals surface area contributed by atoms with E-state index in [4.69, 9.17) is 4.74 Å². The number of nitrogens with one attached hydrogen (secondary N) is 1. The van der Waals surface area contributed by atoms with Gasteiger partial charge in [0.2, 0.25) is 5.91 Å². The Bertz CT molecular complexity index is 1110. The molecule has 0 unspecified atom stereocenters. The predicted octanol–water partition coefficient (Wildman–Crippen LogP) is 3.91. The number of pyridine rings is 1. The maximum Gasteiger partial charge on any atom is 0.307 e. The van der Waals surface area contributed by atoms with Gasteiger partial charge in [-0.3, -0.25) is 14.6 Å². The number of benzene rings is 1. The molecule has 6 nitrogen and oxygen atoms in total. The van der Waals surface area contributed by atoms with Crippen molar-refractivity contribution in [3.8, 4) is 16.9 Å². The highest BCUT2D eigenvalue weighted by atomic mass is 19.1. The first kappa shape index (κ1) is 22.5. The highest BCUT2D eigenvalue weighted by Gasteiger charge is 2.25. The normalized spacial score (nSPS) is 13.4. The Morgan fingerprint density at radius 1 is 1.29 bits per heavy atom. The van der Waals surface area contributed by atoms with Crippen LogP contribution in [0.4, 0.5) is 4.39 Å². The van der Waals surface area contributed by atoms with Crippen molar-refractivity contribution in [3.05, 3.63) is 51.1 Å². The molecule has 0 fully saturated rings. The van der Waals surface area contributed by atoms with Gasteiger partial charge in [-0.15, -0.1) is 0 Å². The molecule has 1 aliphatic heterocycles. The minimum atomic E-state index is -1.01. The summed E-state index contributed by atoms with van der Waals surface area (Å²) in [7, 11) is 1.54. The number of aliphatic carboxylic acids is 1. The summed E-state index contributed by atoms with van der Waals surface area (Å²) in [6.07, 6.45) is 2.90. The number of carbonyl (C=O) groups excluding carboxylic acids is 1. The summed E-state index contributed by atoms with van der Waals surface area (Å²) in [5.74, 6) is -1.46. The number of carbonyl (C=O) groups is 2. The third-order valence-electron chi connectivity index (χ3n) is 5.71. The van der Waals surface area contributed by atoms with Gasteiger partial charge >= 0.3 is 5.97 Å². The number of hydrogen-bond donors (Lipinski definition) is 2. The summed E-state index contributed by atoms with van der Waals surface area (Å²) in [6.45, 7) is 7.60. The second-order valence-corrected chi connectivity index (χ2v) is 7.82. The van der Waals surface area contributed by atoms with Crippen molar-refractivity contribution in [2.75, 3.05) is 13.7 Å². The lowest BCUT2D eigenvalue weighted by atomic mass is 9.85. The number of aryl methyl sites for hydroxylation is 2. The van der Waals surface area contributed by atoms with Gasteiger partial charge in [-0.05, 0) is 74.9 Å². The molecule has 7 heteroatoms. The number of hydrogen-bond acceptors (Lipinski definition) is 4. The Morgan fingerprint density at radius 2 is 2.00 bits per heavy atom. The third kappa shape index (κ3) is 4.31. The zero-order valence-corrected chi connectivity index (χ0v) is 18.5. The molecular weight excluding hydrogens is 399 g/mol. The largest absolute Gasteiger partial charge is 0.490 e. The minimum Gasteiger partial charge on any atom is -0.490 e. The molecule has 1 aliphatic rings. The maximum absolute atomic E-state index is 15.0. The van der Waals surface area contributed by atoms with E-state index >= 15 is 4.39 Å². The minimum absolute atomic E-state index is 0.257. The summed E-state index contributed by atoms with van der Waals surface area (Å²) in [6, 6.07) is 1.41. The van der Waals surface area contributed by atoms with E-state index in [1.54, 1.807) is 33.9 Å². The van der Waals surface area contributed by atoms with Crippen LogP contribution < -0.4 is 10.1 Å². The van der Waals surface area contributed by atoms with Crippen LogP contribution in [0.15, 0.2) is 11.6 Å². The number of nitrogens with zero attached hydrogens (tertiary/aromatic N) is 1. The first-order valence-electron chi connectivity index (χ1n) is 10.2. The molecule has 31 heavy (non-hydrogen) atoms. The van der Waals surface area contributed by atoms with Gasteiger partial charge in [0.05, 0.1) is 13.0 Å². The van der Waals surface area contributed by atoms with Crippen molar-refractivity contribution >= 4 is 18.0 Å². The van der Waals surface area contributed by atoms with Crippen molar-refractivity contribution in [1.29, 1.82) is 0 Å². The Morgan fingerprint density at radius 3 is 2.65 bits per heavy atom. The molecule has 2 aromatic rings. The number of carboxylic acids is 1. The zero-order chi connectivity index (χ0) is 22.9. The second-order valence-electron chi connectivity index (χ2n) is 7.82. The monoisotopic (exact) mass is 426 g/mol. The highest BCUT2D eigenvalue weighted by molar-refractivity contribution is 5.99. The molecule has 0 saturated carbocycles. The second kappa shape index (κ2) is 8.88. The van der Waals surface area contributed by atoms with Gasteiger partial charge < -0.3 is 15.2 Å². The fourth-order valence-electron chi connectivity index (χ4n) is 4.15. The number of aromatic nitrogens is 1. The molecule has 1 aromatic heterocycles. The predicted molar refractivity (Wildman–Crippen MR) is 117 cm³/mol. The van der Waals surface area contributed by atoms with E-state index in [1.807, 2.05) is 6.92 Å². The van der Waals surface area contributed by atoms with Crippen LogP contribution in [0.3, 0.4) is 0 Å². The molecule has 1 aromatic carbocycles. The van der Waals surface area contributed by atoms with E-state index in [2.05, 4.69) is 10.3 Å². The van der Waals surface area contributed by atoms with Crippen LogP contribution in [0.1, 0.15) is 47.0 Å². The number of ether oxygens (including phenoxy) is 1. The molecule has 3 rings (SSSR count). The summed E-state index contributed by atoms with van der Waals surface area (Å²) in [5.41, 5.74) is 5.61. The average Bonchev–Trinajstić information content (AvgIpc) is 2.73. The van der Waals surface area contributed by atoms with E-state index in [1.165, 1.54) is 6.07 Å². The fourth-order valence-corrected chi connectivity index (χ4v) is 4.15. The number of halogens is 1. The molecule has 0 atom stereocenters. The van der Waals surface area contributed by atoms with Crippen molar-refractivity contribution < 1.29 is 23.8 Å². The van der Waals surface area contributed by atoms with Crippen LogP contribution in [-0.4, -0.2) is 35.6 Å². The quantitative estimate of drug-likeness (QED) is 0.708. The van der Waals surface area contributed by atoms with Gasteiger partial charge in [-0.2, -0.15) is 0 Å². The van der Waals surface area contributed by atoms with E-state index in [0.717, 1.165) is 17.5 Å². The van der Waals surface area contributed by atoms with Crippen LogP contribution in [0, 0.1) is 26.6 Å². The first-order valence-corrected chi connectivity index (χ1v) is 10.2. The Kier molecular flexibility index (Phi) is 6.43. The topological polar surface area (TPSA) is 88.5 Å². The molecule has 0 radical (unpaired) electrons. The molecular formula is C24H27FN2O4. The number of amides is 1. The van der Waals surface area contributed by atoms with E-state index in [0.29, 0.717) is 52.2 Å². The molecule has 0 bridgehead atoms. The van der Waals surface area contributed by atoms with Crippen LogP contribution in [0.2, 0.25) is 0 Å². The summed E-state index contributed by atoms with van der Waals surface area (Å²) < 4.78 is 20.6. The lowest BCUT2D eigenvalue weighted by molar-refractivity contribution is -0.136. The van der Waals surface area contributed by atoms with E-state index in [9.17, 15) is 14.7 Å². The van der Waals surface area contributed by atoms with Crippen molar-refractivity contribution in [2.45, 2.75) is 47.0 Å². The number of rotatable bonds is 5. The summed E-state index contributed by atoms with van der Waals surface area (Å²) in [4.78, 5) is 28.3. The van der Waals surface area contributed by atoms with Gasteiger partial charge in [-0.1, -0.05) is 0 Å². The van der Waals surface area contributed by atoms with E-state index < -0.39 is 11.8 Å². The zero-order valence-electron chi connectivity index (χ0n) is 18.5. The molecule has 164 valence electrons. The lowest BCUT2D eigenvalue weighted by Crippen LogP contribution is -2.18.